The standard InChI is InChI=1S/C31H64N6/c1-23(2)34-14-11-29(32-13-16-34)18-30-12-15-36(25(5)6)31(22-33(30)10)17-28-20-35(24(3)4)19-27(9)37(21-28)26(7)8/h23-32H,11-22H2,1-10H3/t27-,28?,29+,30?,31-/m0/s1. The minimum Gasteiger partial charge on any atom is -0.313 e. The maximum atomic E-state index is 3.91. The van der Waals surface area contributed by atoms with Crippen LogP contribution in [0.2, 0.25) is 0 Å². The Balaban J connectivity index is 1.68. The Bertz CT molecular complexity index is 652. The topological polar surface area (TPSA) is 28.2 Å². The molecule has 0 saturated carbocycles. The first-order valence-corrected chi connectivity index (χ1v) is 15.9. The van der Waals surface area contributed by atoms with Gasteiger partial charge in [-0.2, -0.15) is 0 Å². The van der Waals surface area contributed by atoms with E-state index in [-0.39, 0.29) is 0 Å². The van der Waals surface area contributed by atoms with E-state index in [9.17, 15) is 0 Å². The molecule has 0 bridgehead atoms. The average molecular weight is 521 g/mol. The summed E-state index contributed by atoms with van der Waals surface area (Å²) in [6, 6.07) is 5.13. The van der Waals surface area contributed by atoms with Crippen molar-refractivity contribution in [2.45, 2.75) is 136 Å². The van der Waals surface area contributed by atoms with Gasteiger partial charge in [0.25, 0.3) is 0 Å². The van der Waals surface area contributed by atoms with Gasteiger partial charge >= 0.3 is 0 Å². The molecule has 3 saturated heterocycles. The van der Waals surface area contributed by atoms with Gasteiger partial charge in [-0.05, 0) is 108 Å². The summed E-state index contributed by atoms with van der Waals surface area (Å²) in [5.74, 6) is 0.733. The van der Waals surface area contributed by atoms with E-state index >= 15 is 0 Å². The van der Waals surface area contributed by atoms with Crippen LogP contribution in [0, 0.1) is 5.92 Å². The molecule has 0 aromatic carbocycles. The summed E-state index contributed by atoms with van der Waals surface area (Å²) in [6.07, 6.45) is 5.20. The van der Waals surface area contributed by atoms with Crippen molar-refractivity contribution < 1.29 is 0 Å². The highest BCUT2D eigenvalue weighted by Gasteiger charge is 2.36. The summed E-state index contributed by atoms with van der Waals surface area (Å²) in [7, 11) is 2.43. The van der Waals surface area contributed by atoms with Gasteiger partial charge in [-0.1, -0.05) is 0 Å². The van der Waals surface area contributed by atoms with Gasteiger partial charge in [0.05, 0.1) is 0 Å². The molecule has 1 N–H and O–H groups in total. The van der Waals surface area contributed by atoms with Crippen LogP contribution in [0.1, 0.15) is 88.0 Å². The van der Waals surface area contributed by atoms with Gasteiger partial charge in [0.1, 0.15) is 0 Å². The summed E-state index contributed by atoms with van der Waals surface area (Å²) < 4.78 is 0. The van der Waals surface area contributed by atoms with Crippen molar-refractivity contribution >= 4 is 0 Å². The van der Waals surface area contributed by atoms with Gasteiger partial charge in [-0.15, -0.1) is 0 Å². The van der Waals surface area contributed by atoms with Gasteiger partial charge in [-0.25, -0.2) is 0 Å². The maximum absolute atomic E-state index is 3.91. The third kappa shape index (κ3) is 8.88. The number of nitrogens with one attached hydrogen (secondary N) is 1. The average Bonchev–Trinajstić information content (AvgIpc) is 3.20. The summed E-state index contributed by atoms with van der Waals surface area (Å²) in [6.45, 7) is 31.3. The van der Waals surface area contributed by atoms with E-state index in [1.54, 1.807) is 0 Å². The lowest BCUT2D eigenvalue weighted by Gasteiger charge is -2.38. The second-order valence-electron chi connectivity index (χ2n) is 14.0. The number of rotatable bonds is 8. The highest BCUT2D eigenvalue weighted by atomic mass is 15.3. The van der Waals surface area contributed by atoms with Crippen LogP contribution in [0.4, 0.5) is 0 Å². The molecular formula is C31H64N6. The van der Waals surface area contributed by atoms with Crippen molar-refractivity contribution in [3.05, 3.63) is 0 Å². The van der Waals surface area contributed by atoms with Crippen molar-refractivity contribution in [3.63, 3.8) is 0 Å². The van der Waals surface area contributed by atoms with Crippen LogP contribution in [-0.4, -0.2) is 132 Å². The summed E-state index contributed by atoms with van der Waals surface area (Å²) in [4.78, 5) is 13.8. The molecule has 37 heavy (non-hydrogen) atoms. The van der Waals surface area contributed by atoms with E-state index < -0.39 is 0 Å². The maximum Gasteiger partial charge on any atom is 0.0229 e. The Kier molecular flexibility index (Phi) is 12.2. The van der Waals surface area contributed by atoms with E-state index in [2.05, 4.69) is 99.2 Å². The summed E-state index contributed by atoms with van der Waals surface area (Å²) in [5.41, 5.74) is 0. The van der Waals surface area contributed by atoms with Gasteiger partial charge in [0.2, 0.25) is 0 Å². The third-order valence-electron chi connectivity index (χ3n) is 9.88. The fourth-order valence-electron chi connectivity index (χ4n) is 7.53. The fraction of sp³-hybridized carbons (Fsp3) is 1.00. The molecule has 0 amide bonds. The molecule has 0 aromatic rings. The summed E-state index contributed by atoms with van der Waals surface area (Å²) >= 11 is 0. The molecule has 5 atom stereocenters. The van der Waals surface area contributed by atoms with Crippen molar-refractivity contribution in [3.8, 4) is 0 Å². The number of likely N-dealkylation sites (N-methyl/N-ethyl adjacent to an activating group) is 1. The Morgan fingerprint density at radius 3 is 1.95 bits per heavy atom. The zero-order valence-electron chi connectivity index (χ0n) is 26.4. The van der Waals surface area contributed by atoms with E-state index in [4.69, 9.17) is 0 Å². The number of hydrogen-bond donors (Lipinski definition) is 1. The summed E-state index contributed by atoms with van der Waals surface area (Å²) in [5, 5.41) is 3.91. The van der Waals surface area contributed by atoms with Crippen molar-refractivity contribution in [1.29, 1.82) is 0 Å². The van der Waals surface area contributed by atoms with Crippen LogP contribution in [-0.2, 0) is 0 Å². The first kappa shape index (κ1) is 31.3. The van der Waals surface area contributed by atoms with Gasteiger partial charge < -0.3 is 10.2 Å². The quantitative estimate of drug-likeness (QED) is 0.519. The van der Waals surface area contributed by atoms with Crippen molar-refractivity contribution in [2.24, 2.45) is 5.92 Å². The van der Waals surface area contributed by atoms with Crippen LogP contribution in [0.5, 0.6) is 0 Å². The molecule has 3 aliphatic heterocycles. The van der Waals surface area contributed by atoms with Crippen LogP contribution >= 0.6 is 0 Å². The molecule has 3 heterocycles. The minimum absolute atomic E-state index is 0.611. The Labute approximate surface area is 231 Å². The minimum atomic E-state index is 0.611. The molecule has 2 unspecified atom stereocenters. The molecule has 0 aromatic heterocycles. The zero-order chi connectivity index (χ0) is 27.3. The van der Waals surface area contributed by atoms with Crippen molar-refractivity contribution in [2.75, 3.05) is 59.4 Å². The monoisotopic (exact) mass is 521 g/mol. The predicted molar refractivity (Wildman–Crippen MR) is 161 cm³/mol. The van der Waals surface area contributed by atoms with Crippen LogP contribution < -0.4 is 5.32 Å². The van der Waals surface area contributed by atoms with E-state index in [1.165, 1.54) is 71.5 Å². The number of nitrogens with zero attached hydrogens (tertiary/aromatic N) is 5. The fourth-order valence-corrected chi connectivity index (χ4v) is 7.53. The molecule has 0 aliphatic carbocycles. The molecule has 3 rings (SSSR count). The molecule has 3 aliphatic rings. The highest BCUT2D eigenvalue weighted by molar-refractivity contribution is 4.92. The predicted octanol–water partition coefficient (Wildman–Crippen LogP) is 4.06. The molecule has 6 nitrogen and oxygen atoms in total. The number of hydrogen-bond acceptors (Lipinski definition) is 6. The first-order chi connectivity index (χ1) is 17.5. The molecular weight excluding hydrogens is 456 g/mol. The third-order valence-corrected chi connectivity index (χ3v) is 9.88. The van der Waals surface area contributed by atoms with Crippen LogP contribution in [0.25, 0.3) is 0 Å². The smallest absolute Gasteiger partial charge is 0.0229 e. The lowest BCUT2D eigenvalue weighted by molar-refractivity contribution is 0.102. The second kappa shape index (κ2) is 14.4. The second-order valence-corrected chi connectivity index (χ2v) is 14.0. The molecule has 6 heteroatoms. The Morgan fingerprint density at radius 1 is 0.649 bits per heavy atom. The first-order valence-electron chi connectivity index (χ1n) is 15.9. The molecule has 0 radical (unpaired) electrons. The lowest BCUT2D eigenvalue weighted by atomic mass is 9.95. The van der Waals surface area contributed by atoms with Gasteiger partial charge in [0, 0.05) is 94.1 Å². The van der Waals surface area contributed by atoms with Crippen LogP contribution in [0.15, 0.2) is 0 Å². The van der Waals surface area contributed by atoms with Gasteiger partial charge in [-0.3, -0.25) is 19.6 Å². The molecule has 3 fully saturated rings. The van der Waals surface area contributed by atoms with E-state index in [0.717, 1.165) is 12.5 Å². The van der Waals surface area contributed by atoms with Crippen molar-refractivity contribution in [1.82, 2.24) is 29.8 Å². The zero-order valence-corrected chi connectivity index (χ0v) is 26.4. The van der Waals surface area contributed by atoms with Gasteiger partial charge in [0.15, 0.2) is 0 Å². The highest BCUT2D eigenvalue weighted by Crippen LogP contribution is 2.28. The normalized spacial score (nSPS) is 33.4. The lowest BCUT2D eigenvalue weighted by Crippen LogP contribution is -2.48. The Hall–Kier alpha value is -0.240. The van der Waals surface area contributed by atoms with Crippen LogP contribution in [0.3, 0.4) is 0 Å². The Morgan fingerprint density at radius 2 is 1.32 bits per heavy atom. The SMILES string of the molecule is CC(C)N1CCN[C@@H](CC2CCN(C(C)C)[C@@H](CC3CN(C(C)C)C[C@H](C)N(C(C)C)C3)CN2C)CC1. The van der Waals surface area contributed by atoms with E-state index in [1.807, 2.05) is 0 Å². The molecule has 218 valence electrons. The van der Waals surface area contributed by atoms with E-state index in [0.29, 0.717) is 48.3 Å². The molecule has 0 spiro atoms. The largest absolute Gasteiger partial charge is 0.313 e.